The van der Waals surface area contributed by atoms with Gasteiger partial charge in [-0.15, -0.1) is 0 Å². The van der Waals surface area contributed by atoms with E-state index in [1.54, 1.807) is 36.4 Å². The molecule has 3 N–H and O–H groups in total. The Hall–Kier alpha value is -2.23. The zero-order valence-electron chi connectivity index (χ0n) is 11.1. The molecule has 0 unspecified atom stereocenters. The van der Waals surface area contributed by atoms with E-state index in [4.69, 9.17) is 11.1 Å². The molecule has 0 aromatic heterocycles. The molecule has 0 saturated carbocycles. The number of nitrogens with one attached hydrogen (secondary N) is 1. The number of ketones is 2. The Morgan fingerprint density at radius 1 is 0.952 bits per heavy atom. The van der Waals surface area contributed by atoms with Gasteiger partial charge in [-0.1, -0.05) is 0 Å². The summed E-state index contributed by atoms with van der Waals surface area (Å²) in [7, 11) is 0. The molecular formula is C16H12N2O2Se. The van der Waals surface area contributed by atoms with Gasteiger partial charge in [0.25, 0.3) is 0 Å². The number of carbonyl (C=O) groups is 2. The second-order valence-electron chi connectivity index (χ2n) is 4.74. The van der Waals surface area contributed by atoms with Crippen molar-refractivity contribution in [3.8, 4) is 0 Å². The molecular weight excluding hydrogens is 331 g/mol. The quantitative estimate of drug-likeness (QED) is 0.430. The van der Waals surface area contributed by atoms with Gasteiger partial charge < -0.3 is 0 Å². The van der Waals surface area contributed by atoms with E-state index >= 15 is 0 Å². The first-order valence-electron chi connectivity index (χ1n) is 6.36. The minimum atomic E-state index is -0.117. The standard InChI is InChI=1S/C16H12N2O2Se/c17-16(18)21-8-9-5-6-12-13(7-9)15(20)11-4-2-1-3-10(11)14(12)19/h1-7H,8H2,(H3,17,18). The summed E-state index contributed by atoms with van der Waals surface area (Å²) in [6.45, 7) is 0. The molecule has 4 nitrogen and oxygen atoms in total. The maximum absolute atomic E-state index is 12.5. The molecule has 0 heterocycles. The van der Waals surface area contributed by atoms with Crippen LogP contribution >= 0.6 is 0 Å². The van der Waals surface area contributed by atoms with E-state index < -0.39 is 0 Å². The second kappa shape index (κ2) is 5.28. The van der Waals surface area contributed by atoms with E-state index in [0.29, 0.717) is 27.6 Å². The maximum atomic E-state index is 12.5. The minimum absolute atomic E-state index is 0.108. The SMILES string of the molecule is N=C(N)[Se]Cc1ccc2c(c1)C(=O)c1ccccc1C2=O. The summed E-state index contributed by atoms with van der Waals surface area (Å²) in [5.74, 6) is -0.221. The van der Waals surface area contributed by atoms with Crippen LogP contribution in [0.25, 0.3) is 0 Å². The fourth-order valence-corrected chi connectivity index (χ4v) is 3.45. The molecule has 21 heavy (non-hydrogen) atoms. The van der Waals surface area contributed by atoms with Crippen LogP contribution in [-0.2, 0) is 5.32 Å². The third-order valence-corrected chi connectivity index (χ3v) is 5.04. The van der Waals surface area contributed by atoms with Crippen molar-refractivity contribution in [2.75, 3.05) is 0 Å². The van der Waals surface area contributed by atoms with Crippen molar-refractivity contribution in [2.45, 2.75) is 5.32 Å². The second-order valence-corrected chi connectivity index (χ2v) is 6.87. The van der Waals surface area contributed by atoms with Crippen molar-refractivity contribution in [1.29, 1.82) is 5.41 Å². The van der Waals surface area contributed by atoms with Gasteiger partial charge in [0.2, 0.25) is 0 Å². The van der Waals surface area contributed by atoms with Gasteiger partial charge in [-0.25, -0.2) is 0 Å². The van der Waals surface area contributed by atoms with Crippen LogP contribution in [0.15, 0.2) is 42.5 Å². The first-order chi connectivity index (χ1) is 10.1. The molecule has 0 fully saturated rings. The number of nitrogens with two attached hydrogens (primary N) is 1. The summed E-state index contributed by atoms with van der Waals surface area (Å²) >= 11 is -0.117. The van der Waals surface area contributed by atoms with Crippen molar-refractivity contribution in [3.05, 3.63) is 70.3 Å². The number of fused-ring (bicyclic) bond motifs is 2. The van der Waals surface area contributed by atoms with E-state index in [1.165, 1.54) is 0 Å². The van der Waals surface area contributed by atoms with E-state index in [-0.39, 0.29) is 31.3 Å². The monoisotopic (exact) mass is 344 g/mol. The first kappa shape index (κ1) is 13.7. The van der Waals surface area contributed by atoms with Crippen LogP contribution in [-0.4, -0.2) is 31.3 Å². The molecule has 1 aliphatic carbocycles. The molecule has 1 aliphatic rings. The number of carbonyl (C=O) groups excluding carboxylic acids is 2. The fraction of sp³-hybridized carbons (Fsp3) is 0.0625. The molecule has 2 aromatic rings. The van der Waals surface area contributed by atoms with Gasteiger partial charge >= 0.3 is 128 Å². The molecule has 2 aromatic carbocycles. The van der Waals surface area contributed by atoms with Gasteiger partial charge in [0, 0.05) is 0 Å². The van der Waals surface area contributed by atoms with Gasteiger partial charge in [-0.3, -0.25) is 0 Å². The van der Waals surface area contributed by atoms with Gasteiger partial charge in [-0.05, 0) is 0 Å². The number of hydrogen-bond donors (Lipinski definition) is 2. The van der Waals surface area contributed by atoms with Crippen molar-refractivity contribution < 1.29 is 9.59 Å². The summed E-state index contributed by atoms with van der Waals surface area (Å²) in [5.41, 5.74) is 8.16. The zero-order valence-corrected chi connectivity index (χ0v) is 12.8. The molecule has 104 valence electrons. The fourth-order valence-electron chi connectivity index (χ4n) is 2.40. The van der Waals surface area contributed by atoms with E-state index in [2.05, 4.69) is 0 Å². The van der Waals surface area contributed by atoms with E-state index in [0.717, 1.165) is 5.56 Å². The van der Waals surface area contributed by atoms with Gasteiger partial charge in [0.15, 0.2) is 0 Å². The van der Waals surface area contributed by atoms with Crippen molar-refractivity contribution in [3.63, 3.8) is 0 Å². The summed E-state index contributed by atoms with van der Waals surface area (Å²) in [6.07, 6.45) is 0. The molecule has 0 atom stereocenters. The van der Waals surface area contributed by atoms with Crippen molar-refractivity contribution in [2.24, 2.45) is 5.73 Å². The van der Waals surface area contributed by atoms with Crippen LogP contribution in [0.5, 0.6) is 0 Å². The molecule has 0 radical (unpaired) electrons. The number of amidine groups is 1. The molecule has 0 spiro atoms. The van der Waals surface area contributed by atoms with Crippen LogP contribution in [0, 0.1) is 5.41 Å². The van der Waals surface area contributed by atoms with Gasteiger partial charge in [0.1, 0.15) is 0 Å². The number of hydrogen-bond acceptors (Lipinski definition) is 3. The Morgan fingerprint density at radius 3 is 2.14 bits per heavy atom. The van der Waals surface area contributed by atoms with Crippen LogP contribution in [0.1, 0.15) is 37.4 Å². The third-order valence-electron chi connectivity index (χ3n) is 3.38. The van der Waals surface area contributed by atoms with Crippen LogP contribution in [0.2, 0.25) is 0 Å². The Bertz CT molecular complexity index is 784. The van der Waals surface area contributed by atoms with E-state index in [9.17, 15) is 9.59 Å². The molecule has 0 amide bonds. The van der Waals surface area contributed by atoms with Crippen LogP contribution < -0.4 is 5.73 Å². The molecule has 0 aliphatic heterocycles. The van der Waals surface area contributed by atoms with Crippen molar-refractivity contribution in [1.82, 2.24) is 0 Å². The van der Waals surface area contributed by atoms with Gasteiger partial charge in [0.05, 0.1) is 0 Å². The van der Waals surface area contributed by atoms with Crippen LogP contribution in [0.3, 0.4) is 0 Å². The Balaban J connectivity index is 2.04. The topological polar surface area (TPSA) is 84.0 Å². The predicted molar refractivity (Wildman–Crippen MR) is 81.1 cm³/mol. The molecule has 3 rings (SSSR count). The average molecular weight is 343 g/mol. The summed E-state index contributed by atoms with van der Waals surface area (Å²) < 4.78 is 0.174. The van der Waals surface area contributed by atoms with Crippen molar-refractivity contribution >= 4 is 31.3 Å². The Labute approximate surface area is 128 Å². The number of rotatable bonds is 3. The average Bonchev–Trinajstić information content (AvgIpc) is 2.50. The van der Waals surface area contributed by atoms with Crippen LogP contribution in [0.4, 0.5) is 0 Å². The Morgan fingerprint density at radius 2 is 1.52 bits per heavy atom. The van der Waals surface area contributed by atoms with E-state index in [1.807, 2.05) is 6.07 Å². The normalized spacial score (nSPS) is 12.8. The summed E-state index contributed by atoms with van der Waals surface area (Å²) in [4.78, 5) is 25.0. The Kier molecular flexibility index (Phi) is 3.45. The molecule has 5 heteroatoms. The first-order valence-corrected chi connectivity index (χ1v) is 8.43. The van der Waals surface area contributed by atoms with Gasteiger partial charge in [-0.2, -0.15) is 0 Å². The zero-order chi connectivity index (χ0) is 15.0. The predicted octanol–water partition coefficient (Wildman–Crippen LogP) is 1.56. The third kappa shape index (κ3) is 2.42. The summed E-state index contributed by atoms with van der Waals surface area (Å²) in [5, 5.41) is 7.94. The molecule has 0 bridgehead atoms. The summed E-state index contributed by atoms with van der Waals surface area (Å²) in [6, 6.07) is 12.2. The molecule has 0 saturated heterocycles. The number of benzene rings is 2.